The molecule has 0 amide bonds. The molecule has 3 heteroatoms. The molecule has 0 heterocycles. The Morgan fingerprint density at radius 3 is 2.21 bits per heavy atom. The van der Waals surface area contributed by atoms with Crippen LogP contribution in [0.5, 0.6) is 0 Å². The summed E-state index contributed by atoms with van der Waals surface area (Å²) in [5.41, 5.74) is 0. The number of hydrogen-bond acceptors (Lipinski definition) is 3. The lowest BCUT2D eigenvalue weighted by molar-refractivity contribution is 0.0436. The van der Waals surface area contributed by atoms with Gasteiger partial charge in [0.1, 0.15) is 0 Å². The number of hydrogen-bond donors (Lipinski definition) is 1. The fourth-order valence-electron chi connectivity index (χ4n) is 1.12. The zero-order valence-electron chi connectivity index (χ0n) is 9.50. The second-order valence-electron chi connectivity index (χ2n) is 3.63. The molecule has 0 aliphatic carbocycles. The highest BCUT2D eigenvalue weighted by molar-refractivity contribution is 7.80. The van der Waals surface area contributed by atoms with Gasteiger partial charge in [-0.2, -0.15) is 12.6 Å². The van der Waals surface area contributed by atoms with Crippen molar-refractivity contribution in [3.63, 3.8) is 0 Å². The minimum Gasteiger partial charge on any atom is -0.379 e. The molecule has 0 bridgehead atoms. The summed E-state index contributed by atoms with van der Waals surface area (Å²) in [5.74, 6) is 1.70. The average molecular weight is 220 g/mol. The predicted octanol–water partition coefficient (Wildman–Crippen LogP) is 2.78. The Morgan fingerprint density at radius 2 is 1.64 bits per heavy atom. The third-order valence-corrected chi connectivity index (χ3v) is 2.36. The van der Waals surface area contributed by atoms with Gasteiger partial charge in [-0.15, -0.1) is 0 Å². The summed E-state index contributed by atoms with van der Waals surface area (Å²) in [7, 11) is 0. The van der Waals surface area contributed by atoms with Gasteiger partial charge in [0, 0.05) is 13.2 Å². The van der Waals surface area contributed by atoms with Gasteiger partial charge in [0.05, 0.1) is 13.2 Å². The molecule has 14 heavy (non-hydrogen) atoms. The van der Waals surface area contributed by atoms with Crippen molar-refractivity contribution in [1.82, 2.24) is 0 Å². The molecule has 0 N–H and O–H groups in total. The van der Waals surface area contributed by atoms with E-state index in [4.69, 9.17) is 9.47 Å². The van der Waals surface area contributed by atoms with E-state index < -0.39 is 0 Å². The van der Waals surface area contributed by atoms with E-state index in [1.165, 1.54) is 6.42 Å². The highest BCUT2D eigenvalue weighted by Gasteiger charge is 1.99. The Bertz CT molecular complexity index is 109. The van der Waals surface area contributed by atoms with Crippen LogP contribution >= 0.6 is 12.6 Å². The van der Waals surface area contributed by atoms with Crippen LogP contribution in [-0.4, -0.2) is 32.2 Å². The summed E-state index contributed by atoms with van der Waals surface area (Å²) in [6.07, 6.45) is 3.39. The Morgan fingerprint density at radius 1 is 1.00 bits per heavy atom. The first kappa shape index (κ1) is 14.3. The standard InChI is InChI=1S/C11H24O2S/c1-3-6-12-8-9-13-7-4-11(2)5-10-14/h11,14H,3-10H2,1-2H3. The van der Waals surface area contributed by atoms with Crippen molar-refractivity contribution in [2.45, 2.75) is 33.1 Å². The van der Waals surface area contributed by atoms with Crippen LogP contribution in [0.25, 0.3) is 0 Å². The van der Waals surface area contributed by atoms with Gasteiger partial charge in [-0.3, -0.25) is 0 Å². The van der Waals surface area contributed by atoms with Crippen LogP contribution in [0.15, 0.2) is 0 Å². The summed E-state index contributed by atoms with van der Waals surface area (Å²) in [6.45, 7) is 7.51. The highest BCUT2D eigenvalue weighted by atomic mass is 32.1. The van der Waals surface area contributed by atoms with Gasteiger partial charge in [-0.05, 0) is 30.9 Å². The molecule has 0 aliphatic rings. The van der Waals surface area contributed by atoms with Gasteiger partial charge < -0.3 is 9.47 Å². The molecule has 0 saturated carbocycles. The van der Waals surface area contributed by atoms with Crippen molar-refractivity contribution in [2.24, 2.45) is 5.92 Å². The molecule has 0 spiro atoms. The molecule has 0 saturated heterocycles. The summed E-state index contributed by atoms with van der Waals surface area (Å²) in [6, 6.07) is 0. The van der Waals surface area contributed by atoms with Crippen molar-refractivity contribution in [1.29, 1.82) is 0 Å². The van der Waals surface area contributed by atoms with Gasteiger partial charge in [0.15, 0.2) is 0 Å². The molecule has 0 rings (SSSR count). The van der Waals surface area contributed by atoms with Crippen LogP contribution < -0.4 is 0 Å². The Labute approximate surface area is 93.8 Å². The van der Waals surface area contributed by atoms with Gasteiger partial charge in [0.25, 0.3) is 0 Å². The molecular formula is C11H24O2S. The third kappa shape index (κ3) is 10.4. The van der Waals surface area contributed by atoms with Crippen molar-refractivity contribution in [2.75, 3.05) is 32.2 Å². The molecule has 0 aromatic rings. The van der Waals surface area contributed by atoms with Gasteiger partial charge in [0.2, 0.25) is 0 Å². The van der Waals surface area contributed by atoms with Crippen molar-refractivity contribution in [3.05, 3.63) is 0 Å². The van der Waals surface area contributed by atoms with Crippen molar-refractivity contribution < 1.29 is 9.47 Å². The maximum absolute atomic E-state index is 5.45. The van der Waals surface area contributed by atoms with Gasteiger partial charge in [-0.25, -0.2) is 0 Å². The summed E-state index contributed by atoms with van der Waals surface area (Å²) in [5, 5.41) is 0. The minimum absolute atomic E-state index is 0.726. The molecule has 1 unspecified atom stereocenters. The molecule has 0 aromatic heterocycles. The molecule has 0 radical (unpaired) electrons. The minimum atomic E-state index is 0.726. The van der Waals surface area contributed by atoms with Crippen molar-refractivity contribution >= 4 is 12.6 Å². The maximum Gasteiger partial charge on any atom is 0.0700 e. The van der Waals surface area contributed by atoms with Crippen LogP contribution in [0, 0.1) is 5.92 Å². The molecule has 1 atom stereocenters. The quantitative estimate of drug-likeness (QED) is 0.451. The van der Waals surface area contributed by atoms with E-state index >= 15 is 0 Å². The maximum atomic E-state index is 5.45. The van der Waals surface area contributed by atoms with Gasteiger partial charge in [-0.1, -0.05) is 13.8 Å². The van der Waals surface area contributed by atoms with Crippen LogP contribution in [0.1, 0.15) is 33.1 Å². The molecule has 86 valence electrons. The molecule has 0 fully saturated rings. The first-order valence-electron chi connectivity index (χ1n) is 5.57. The Hall–Kier alpha value is 0.270. The first-order valence-corrected chi connectivity index (χ1v) is 6.20. The fraction of sp³-hybridized carbons (Fsp3) is 1.00. The van der Waals surface area contributed by atoms with E-state index in [0.29, 0.717) is 0 Å². The monoisotopic (exact) mass is 220 g/mol. The molecular weight excluding hydrogens is 196 g/mol. The number of thiol groups is 1. The van der Waals surface area contributed by atoms with E-state index in [2.05, 4.69) is 26.5 Å². The molecule has 0 aromatic carbocycles. The van der Waals surface area contributed by atoms with E-state index in [1.54, 1.807) is 0 Å². The first-order chi connectivity index (χ1) is 6.81. The SMILES string of the molecule is CCCOCCOCCC(C)CCS. The van der Waals surface area contributed by atoms with Crippen LogP contribution in [-0.2, 0) is 9.47 Å². The lowest BCUT2D eigenvalue weighted by atomic mass is 10.1. The van der Waals surface area contributed by atoms with E-state index in [0.717, 1.165) is 50.9 Å². The lowest BCUT2D eigenvalue weighted by Gasteiger charge is -2.09. The van der Waals surface area contributed by atoms with Crippen molar-refractivity contribution in [3.8, 4) is 0 Å². The summed E-state index contributed by atoms with van der Waals surface area (Å²) >= 11 is 4.20. The predicted molar refractivity (Wildman–Crippen MR) is 64.2 cm³/mol. The van der Waals surface area contributed by atoms with Gasteiger partial charge >= 0.3 is 0 Å². The smallest absolute Gasteiger partial charge is 0.0700 e. The number of ether oxygens (including phenoxy) is 2. The average Bonchev–Trinajstić information content (AvgIpc) is 2.17. The zero-order chi connectivity index (χ0) is 10.6. The van der Waals surface area contributed by atoms with Crippen LogP contribution in [0.2, 0.25) is 0 Å². The molecule has 2 nitrogen and oxygen atoms in total. The normalized spacial score (nSPS) is 13.1. The summed E-state index contributed by atoms with van der Waals surface area (Å²) in [4.78, 5) is 0. The van der Waals surface area contributed by atoms with E-state index in [-0.39, 0.29) is 0 Å². The zero-order valence-corrected chi connectivity index (χ0v) is 10.4. The largest absolute Gasteiger partial charge is 0.379 e. The Balaban J connectivity index is 2.98. The van der Waals surface area contributed by atoms with Crippen LogP contribution in [0.4, 0.5) is 0 Å². The lowest BCUT2D eigenvalue weighted by Crippen LogP contribution is -2.08. The second-order valence-corrected chi connectivity index (χ2v) is 4.08. The number of rotatable bonds is 10. The summed E-state index contributed by atoms with van der Waals surface area (Å²) < 4.78 is 10.7. The topological polar surface area (TPSA) is 18.5 Å². The van der Waals surface area contributed by atoms with Crippen LogP contribution in [0.3, 0.4) is 0 Å². The fourth-order valence-corrected chi connectivity index (χ4v) is 1.56. The van der Waals surface area contributed by atoms with E-state index in [1.807, 2.05) is 0 Å². The Kier molecular flexibility index (Phi) is 11.6. The highest BCUT2D eigenvalue weighted by Crippen LogP contribution is 2.07. The third-order valence-electron chi connectivity index (χ3n) is 2.10. The molecule has 0 aliphatic heterocycles. The van der Waals surface area contributed by atoms with E-state index in [9.17, 15) is 0 Å². The second kappa shape index (κ2) is 11.3.